The first-order valence-corrected chi connectivity index (χ1v) is 5.76. The summed E-state index contributed by atoms with van der Waals surface area (Å²) in [5.41, 5.74) is 5.69. The minimum absolute atomic E-state index is 0.711. The predicted molar refractivity (Wildman–Crippen MR) is 55.7 cm³/mol. The third kappa shape index (κ3) is 2.18. The number of rotatable bonds is 3. The Balaban J connectivity index is 1.82. The predicted octanol–water partition coefficient (Wildman–Crippen LogP) is 2.27. The Morgan fingerprint density at radius 1 is 1.54 bits per heavy atom. The van der Waals surface area contributed by atoms with E-state index in [9.17, 15) is 0 Å². The van der Waals surface area contributed by atoms with Gasteiger partial charge in [0.15, 0.2) is 0 Å². The van der Waals surface area contributed by atoms with E-state index in [1.54, 1.807) is 0 Å². The largest absolute Gasteiger partial charge is 0.383 e. The summed E-state index contributed by atoms with van der Waals surface area (Å²) in [5.74, 6) is 2.81. The van der Waals surface area contributed by atoms with E-state index in [-0.39, 0.29) is 0 Å². The van der Waals surface area contributed by atoms with Crippen LogP contribution in [0.3, 0.4) is 0 Å². The monoisotopic (exact) mass is 197 g/mol. The quantitative estimate of drug-likeness (QED) is 0.731. The number of anilines is 1. The maximum atomic E-state index is 5.69. The Bertz CT molecular complexity index is 266. The molecule has 4 heteroatoms. The van der Waals surface area contributed by atoms with Gasteiger partial charge >= 0.3 is 0 Å². The summed E-state index contributed by atoms with van der Waals surface area (Å²) >= 11 is 1.83. The number of nitrogens with one attached hydrogen (secondary N) is 1. The number of H-pyrrole nitrogens is 1. The van der Waals surface area contributed by atoms with E-state index >= 15 is 0 Å². The van der Waals surface area contributed by atoms with E-state index in [1.165, 1.54) is 31.4 Å². The van der Waals surface area contributed by atoms with Gasteiger partial charge in [-0.3, -0.25) is 5.10 Å². The van der Waals surface area contributed by atoms with E-state index in [0.717, 1.165) is 10.8 Å². The van der Waals surface area contributed by atoms with Gasteiger partial charge in [0.05, 0.1) is 11.1 Å². The number of aromatic amines is 1. The molecule has 0 radical (unpaired) electrons. The van der Waals surface area contributed by atoms with E-state index in [1.807, 2.05) is 18.0 Å². The number of nitrogens with two attached hydrogens (primary N) is 1. The van der Waals surface area contributed by atoms with Gasteiger partial charge in [-0.1, -0.05) is 12.8 Å². The molecule has 0 spiro atoms. The Kier molecular flexibility index (Phi) is 2.78. The zero-order valence-corrected chi connectivity index (χ0v) is 8.44. The van der Waals surface area contributed by atoms with Gasteiger partial charge < -0.3 is 5.73 Å². The van der Waals surface area contributed by atoms with Crippen LogP contribution in [0.25, 0.3) is 0 Å². The number of hydrogen-bond donors (Lipinski definition) is 2. The molecule has 3 N–H and O–H groups in total. The molecule has 0 unspecified atom stereocenters. The molecule has 0 bridgehead atoms. The minimum atomic E-state index is 0.711. The number of nitrogen functional groups attached to an aromatic ring is 1. The van der Waals surface area contributed by atoms with Gasteiger partial charge in [-0.05, 0) is 18.8 Å². The van der Waals surface area contributed by atoms with Crippen molar-refractivity contribution >= 4 is 17.6 Å². The molecule has 1 aromatic heterocycles. The number of thioether (sulfide) groups is 1. The van der Waals surface area contributed by atoms with Gasteiger partial charge in [-0.15, -0.1) is 11.8 Å². The van der Waals surface area contributed by atoms with E-state index in [4.69, 9.17) is 5.73 Å². The van der Waals surface area contributed by atoms with Crippen LogP contribution in [0.1, 0.15) is 25.7 Å². The molecule has 1 aromatic rings. The molecule has 3 nitrogen and oxygen atoms in total. The van der Waals surface area contributed by atoms with Crippen LogP contribution in [-0.4, -0.2) is 16.0 Å². The van der Waals surface area contributed by atoms with Gasteiger partial charge in [-0.25, -0.2) is 0 Å². The zero-order valence-electron chi connectivity index (χ0n) is 7.62. The minimum Gasteiger partial charge on any atom is -0.383 e. The molecule has 1 heterocycles. The van der Waals surface area contributed by atoms with Gasteiger partial charge in [0.25, 0.3) is 0 Å². The second-order valence-corrected chi connectivity index (χ2v) is 4.67. The highest BCUT2D eigenvalue weighted by atomic mass is 32.2. The average molecular weight is 197 g/mol. The SMILES string of the molecule is Nc1[nH]ncc1SCC1CCCC1. The summed E-state index contributed by atoms with van der Waals surface area (Å²) in [6, 6.07) is 0. The molecule has 13 heavy (non-hydrogen) atoms. The first kappa shape index (κ1) is 8.94. The van der Waals surface area contributed by atoms with E-state index < -0.39 is 0 Å². The Labute approximate surface area is 82.5 Å². The maximum Gasteiger partial charge on any atom is 0.132 e. The zero-order chi connectivity index (χ0) is 9.10. The third-order valence-corrected chi connectivity index (χ3v) is 3.86. The van der Waals surface area contributed by atoms with Crippen molar-refractivity contribution in [3.63, 3.8) is 0 Å². The summed E-state index contributed by atoms with van der Waals surface area (Å²) in [5, 5.41) is 6.65. The highest BCUT2D eigenvalue weighted by Gasteiger charge is 2.15. The second-order valence-electron chi connectivity index (χ2n) is 3.61. The van der Waals surface area contributed by atoms with Crippen molar-refractivity contribution in [3.8, 4) is 0 Å². The fourth-order valence-corrected chi connectivity index (χ4v) is 2.86. The summed E-state index contributed by atoms with van der Waals surface area (Å²) in [6.45, 7) is 0. The molecule has 2 rings (SSSR count). The van der Waals surface area contributed by atoms with Crippen LogP contribution in [0.15, 0.2) is 11.1 Å². The Morgan fingerprint density at radius 3 is 2.92 bits per heavy atom. The molecule has 0 aromatic carbocycles. The lowest BCUT2D eigenvalue weighted by atomic mass is 10.1. The van der Waals surface area contributed by atoms with Crippen LogP contribution in [0.4, 0.5) is 5.82 Å². The van der Waals surface area contributed by atoms with E-state index in [2.05, 4.69) is 10.2 Å². The molecule has 0 amide bonds. The molecule has 0 atom stereocenters. The summed E-state index contributed by atoms with van der Waals surface area (Å²) in [4.78, 5) is 1.10. The van der Waals surface area contributed by atoms with Crippen molar-refractivity contribution in [1.82, 2.24) is 10.2 Å². The van der Waals surface area contributed by atoms with Crippen LogP contribution < -0.4 is 5.73 Å². The average Bonchev–Trinajstić information content (AvgIpc) is 2.72. The Hall–Kier alpha value is -0.640. The van der Waals surface area contributed by atoms with Crippen molar-refractivity contribution in [2.75, 3.05) is 11.5 Å². The van der Waals surface area contributed by atoms with Gasteiger partial charge in [0.1, 0.15) is 5.82 Å². The number of aromatic nitrogens is 2. The Morgan fingerprint density at radius 2 is 2.31 bits per heavy atom. The number of hydrogen-bond acceptors (Lipinski definition) is 3. The van der Waals surface area contributed by atoms with Crippen LogP contribution in [0.2, 0.25) is 0 Å². The van der Waals surface area contributed by atoms with Crippen molar-refractivity contribution in [2.45, 2.75) is 30.6 Å². The molecule has 0 saturated heterocycles. The van der Waals surface area contributed by atoms with Gasteiger partial charge in [-0.2, -0.15) is 5.10 Å². The molecular formula is C9H15N3S. The second kappa shape index (κ2) is 4.05. The smallest absolute Gasteiger partial charge is 0.132 e. The summed E-state index contributed by atoms with van der Waals surface area (Å²) < 4.78 is 0. The standard InChI is InChI=1S/C9H15N3S/c10-9-8(5-11-12-9)13-6-7-3-1-2-4-7/h5,7H,1-4,6H2,(H3,10,11,12). The maximum absolute atomic E-state index is 5.69. The van der Waals surface area contributed by atoms with Crippen molar-refractivity contribution in [3.05, 3.63) is 6.20 Å². The van der Waals surface area contributed by atoms with Crippen molar-refractivity contribution < 1.29 is 0 Å². The van der Waals surface area contributed by atoms with E-state index in [0.29, 0.717) is 5.82 Å². The molecule has 72 valence electrons. The lowest BCUT2D eigenvalue weighted by Gasteiger charge is -2.06. The lowest BCUT2D eigenvalue weighted by Crippen LogP contribution is -1.96. The fraction of sp³-hybridized carbons (Fsp3) is 0.667. The van der Waals surface area contributed by atoms with Gasteiger partial charge in [0.2, 0.25) is 0 Å². The van der Waals surface area contributed by atoms with Crippen LogP contribution >= 0.6 is 11.8 Å². The van der Waals surface area contributed by atoms with Gasteiger partial charge in [0, 0.05) is 5.75 Å². The van der Waals surface area contributed by atoms with Crippen LogP contribution in [0.5, 0.6) is 0 Å². The molecular weight excluding hydrogens is 182 g/mol. The fourth-order valence-electron chi connectivity index (χ4n) is 1.78. The summed E-state index contributed by atoms with van der Waals surface area (Å²) in [6.07, 6.45) is 7.42. The lowest BCUT2D eigenvalue weighted by molar-refractivity contribution is 0.623. The molecule has 1 aliphatic carbocycles. The molecule has 1 saturated carbocycles. The molecule has 1 fully saturated rings. The van der Waals surface area contributed by atoms with Crippen LogP contribution in [-0.2, 0) is 0 Å². The highest BCUT2D eigenvalue weighted by molar-refractivity contribution is 7.99. The van der Waals surface area contributed by atoms with Crippen molar-refractivity contribution in [2.24, 2.45) is 5.92 Å². The first-order chi connectivity index (χ1) is 6.36. The van der Waals surface area contributed by atoms with Crippen molar-refractivity contribution in [1.29, 1.82) is 0 Å². The normalized spacial score (nSPS) is 18.2. The molecule has 1 aliphatic rings. The van der Waals surface area contributed by atoms with Crippen LogP contribution in [0, 0.1) is 5.92 Å². The third-order valence-electron chi connectivity index (χ3n) is 2.58. The first-order valence-electron chi connectivity index (χ1n) is 4.78. The summed E-state index contributed by atoms with van der Waals surface area (Å²) in [7, 11) is 0. The molecule has 0 aliphatic heterocycles. The topological polar surface area (TPSA) is 54.7 Å². The number of nitrogens with zero attached hydrogens (tertiary/aromatic N) is 1. The highest BCUT2D eigenvalue weighted by Crippen LogP contribution is 2.32.